The van der Waals surface area contributed by atoms with E-state index in [0.29, 0.717) is 12.1 Å². The van der Waals surface area contributed by atoms with Crippen LogP contribution < -0.4 is 10.1 Å². The molecule has 0 aliphatic rings. The van der Waals surface area contributed by atoms with Gasteiger partial charge in [0.05, 0.1) is 36.5 Å². The zero-order chi connectivity index (χ0) is 16.2. The number of nitrogens with zero attached hydrogens (tertiary/aromatic N) is 3. The molecule has 0 unspecified atom stereocenters. The van der Waals surface area contributed by atoms with E-state index in [0.717, 1.165) is 40.9 Å². The van der Waals surface area contributed by atoms with Crippen LogP contribution >= 0.6 is 0 Å². The molecule has 0 atom stereocenters. The molecule has 23 heavy (non-hydrogen) atoms. The number of rotatable bonds is 6. The molecular formula is C17H18N4O2. The summed E-state index contributed by atoms with van der Waals surface area (Å²) in [5, 5.41) is 8.49. The Labute approximate surface area is 134 Å². The molecule has 1 aromatic carbocycles. The lowest BCUT2D eigenvalue weighted by Crippen LogP contribution is -2.05. The van der Waals surface area contributed by atoms with Crippen molar-refractivity contribution in [3.05, 3.63) is 47.8 Å². The highest BCUT2D eigenvalue weighted by Crippen LogP contribution is 2.25. The smallest absolute Gasteiger partial charge is 0.160 e. The van der Waals surface area contributed by atoms with Gasteiger partial charge in [-0.3, -0.25) is 4.79 Å². The van der Waals surface area contributed by atoms with E-state index in [4.69, 9.17) is 4.74 Å². The first kappa shape index (κ1) is 15.0. The maximum absolute atomic E-state index is 11.2. The molecule has 0 saturated heterocycles. The highest BCUT2D eigenvalue weighted by molar-refractivity contribution is 5.98. The van der Waals surface area contributed by atoms with Gasteiger partial charge < -0.3 is 10.1 Å². The van der Waals surface area contributed by atoms with Crippen molar-refractivity contribution in [2.24, 2.45) is 0 Å². The summed E-state index contributed by atoms with van der Waals surface area (Å²) >= 11 is 0. The summed E-state index contributed by atoms with van der Waals surface area (Å²) in [6, 6.07) is 7.83. The van der Waals surface area contributed by atoms with Crippen molar-refractivity contribution in [2.45, 2.75) is 13.5 Å². The number of fused-ring (bicyclic) bond motifs is 1. The summed E-state index contributed by atoms with van der Waals surface area (Å²) in [5.41, 5.74) is 3.18. The lowest BCUT2D eigenvalue weighted by molar-refractivity contribution is 0.112. The van der Waals surface area contributed by atoms with E-state index in [1.165, 1.54) is 0 Å². The van der Waals surface area contributed by atoms with Gasteiger partial charge in [0.1, 0.15) is 5.75 Å². The number of aromatic nitrogens is 3. The van der Waals surface area contributed by atoms with Crippen LogP contribution in [0.4, 0.5) is 5.69 Å². The second kappa shape index (κ2) is 6.48. The first-order valence-electron chi connectivity index (χ1n) is 7.43. The van der Waals surface area contributed by atoms with Crippen LogP contribution in [-0.4, -0.2) is 34.7 Å². The van der Waals surface area contributed by atoms with E-state index in [1.54, 1.807) is 19.5 Å². The third-order valence-electron chi connectivity index (χ3n) is 3.67. The number of carbonyl (C=O) groups is 1. The monoisotopic (exact) mass is 310 g/mol. The molecule has 1 N–H and O–H groups in total. The molecule has 118 valence electrons. The Morgan fingerprint density at radius 1 is 1.26 bits per heavy atom. The number of carbonyl (C=O) groups excluding carboxylic acids is 1. The van der Waals surface area contributed by atoms with Gasteiger partial charge in [0.25, 0.3) is 0 Å². The Morgan fingerprint density at radius 3 is 2.70 bits per heavy atom. The molecule has 0 aliphatic heterocycles. The Bertz CT molecular complexity index is 824. The van der Waals surface area contributed by atoms with Crippen LogP contribution in [-0.2, 0) is 6.54 Å². The Balaban J connectivity index is 1.98. The van der Waals surface area contributed by atoms with Crippen LogP contribution in [0.15, 0.2) is 36.7 Å². The van der Waals surface area contributed by atoms with Crippen LogP contribution in [0.2, 0.25) is 0 Å². The molecule has 3 aromatic rings. The van der Waals surface area contributed by atoms with Crippen LogP contribution in [0, 0.1) is 0 Å². The summed E-state index contributed by atoms with van der Waals surface area (Å²) in [4.78, 5) is 15.6. The van der Waals surface area contributed by atoms with Gasteiger partial charge in [0.15, 0.2) is 11.9 Å². The molecule has 0 aliphatic carbocycles. The molecular weight excluding hydrogens is 292 g/mol. The minimum Gasteiger partial charge on any atom is -0.497 e. The lowest BCUT2D eigenvalue weighted by Gasteiger charge is -2.08. The highest BCUT2D eigenvalue weighted by atomic mass is 16.5. The zero-order valence-electron chi connectivity index (χ0n) is 13.1. The Kier molecular flexibility index (Phi) is 4.23. The van der Waals surface area contributed by atoms with E-state index < -0.39 is 0 Å². The first-order chi connectivity index (χ1) is 11.3. The second-order valence-corrected chi connectivity index (χ2v) is 5.12. The van der Waals surface area contributed by atoms with E-state index in [-0.39, 0.29) is 0 Å². The van der Waals surface area contributed by atoms with Gasteiger partial charge in [-0.15, -0.1) is 0 Å². The van der Waals surface area contributed by atoms with Crippen molar-refractivity contribution in [1.29, 1.82) is 0 Å². The van der Waals surface area contributed by atoms with Gasteiger partial charge in [0, 0.05) is 12.7 Å². The average Bonchev–Trinajstić information content (AvgIpc) is 2.99. The van der Waals surface area contributed by atoms with E-state index in [9.17, 15) is 4.79 Å². The fourth-order valence-electron chi connectivity index (χ4n) is 2.53. The third-order valence-corrected chi connectivity index (χ3v) is 3.67. The third kappa shape index (κ3) is 2.88. The SMILES string of the molecule is CCNc1c(C=O)cnc2c1cnn2Cc1ccc(OC)cc1. The molecule has 6 heteroatoms. The number of benzene rings is 1. The number of hydrogen-bond acceptors (Lipinski definition) is 5. The summed E-state index contributed by atoms with van der Waals surface area (Å²) in [6.45, 7) is 3.32. The van der Waals surface area contributed by atoms with Crippen molar-refractivity contribution < 1.29 is 9.53 Å². The minimum absolute atomic E-state index is 0.545. The number of aldehydes is 1. The zero-order valence-corrected chi connectivity index (χ0v) is 13.1. The normalized spacial score (nSPS) is 10.7. The maximum Gasteiger partial charge on any atom is 0.160 e. The van der Waals surface area contributed by atoms with Crippen molar-refractivity contribution in [3.63, 3.8) is 0 Å². The van der Waals surface area contributed by atoms with E-state index >= 15 is 0 Å². The van der Waals surface area contributed by atoms with Crippen molar-refractivity contribution in [1.82, 2.24) is 14.8 Å². The molecule has 0 amide bonds. The quantitative estimate of drug-likeness (QED) is 0.709. The fourth-order valence-corrected chi connectivity index (χ4v) is 2.53. The van der Waals surface area contributed by atoms with Crippen LogP contribution in [0.5, 0.6) is 5.75 Å². The van der Waals surface area contributed by atoms with Crippen molar-refractivity contribution >= 4 is 23.0 Å². The summed E-state index contributed by atoms with van der Waals surface area (Å²) in [7, 11) is 1.65. The number of hydrogen-bond donors (Lipinski definition) is 1. The Morgan fingerprint density at radius 2 is 2.04 bits per heavy atom. The lowest BCUT2D eigenvalue weighted by atomic mass is 10.2. The Hall–Kier alpha value is -2.89. The van der Waals surface area contributed by atoms with Gasteiger partial charge in [-0.2, -0.15) is 5.10 Å². The molecule has 2 aromatic heterocycles. The molecule has 0 radical (unpaired) electrons. The van der Waals surface area contributed by atoms with Crippen molar-refractivity contribution in [2.75, 3.05) is 19.0 Å². The fraction of sp³-hybridized carbons (Fsp3) is 0.235. The van der Waals surface area contributed by atoms with E-state index in [1.807, 2.05) is 35.9 Å². The predicted octanol–water partition coefficient (Wildman–Crippen LogP) is 2.73. The average molecular weight is 310 g/mol. The summed E-state index contributed by atoms with van der Waals surface area (Å²) in [5.74, 6) is 0.822. The standard InChI is InChI=1S/C17H18N4O2/c1-3-18-16-13(11-22)8-19-17-15(16)9-20-21(17)10-12-4-6-14(23-2)7-5-12/h4-9,11H,3,10H2,1-2H3,(H,18,19). The summed E-state index contributed by atoms with van der Waals surface area (Å²) in [6.07, 6.45) is 4.14. The molecule has 3 rings (SSSR count). The van der Waals surface area contributed by atoms with Gasteiger partial charge in [-0.1, -0.05) is 12.1 Å². The number of pyridine rings is 1. The predicted molar refractivity (Wildman–Crippen MR) is 89.2 cm³/mol. The molecule has 0 spiro atoms. The van der Waals surface area contributed by atoms with E-state index in [2.05, 4.69) is 15.4 Å². The highest BCUT2D eigenvalue weighted by Gasteiger charge is 2.12. The van der Waals surface area contributed by atoms with Crippen LogP contribution in [0.25, 0.3) is 11.0 Å². The van der Waals surface area contributed by atoms with Gasteiger partial charge >= 0.3 is 0 Å². The maximum atomic E-state index is 11.2. The molecule has 6 nitrogen and oxygen atoms in total. The number of anilines is 1. The summed E-state index contributed by atoms with van der Waals surface area (Å²) < 4.78 is 6.99. The number of ether oxygens (including phenoxy) is 1. The number of nitrogens with one attached hydrogen (secondary N) is 1. The van der Waals surface area contributed by atoms with Gasteiger partial charge in [-0.25, -0.2) is 9.67 Å². The van der Waals surface area contributed by atoms with Gasteiger partial charge in [0.2, 0.25) is 0 Å². The topological polar surface area (TPSA) is 69.0 Å². The molecule has 0 fully saturated rings. The molecule has 0 bridgehead atoms. The largest absolute Gasteiger partial charge is 0.497 e. The van der Waals surface area contributed by atoms with Crippen molar-refractivity contribution in [3.8, 4) is 5.75 Å². The van der Waals surface area contributed by atoms with Gasteiger partial charge in [-0.05, 0) is 24.6 Å². The minimum atomic E-state index is 0.545. The first-order valence-corrected chi connectivity index (χ1v) is 7.43. The molecule has 2 heterocycles. The second-order valence-electron chi connectivity index (χ2n) is 5.12. The molecule has 0 saturated carbocycles. The number of methoxy groups -OCH3 is 1. The van der Waals surface area contributed by atoms with Crippen LogP contribution in [0.3, 0.4) is 0 Å². The van der Waals surface area contributed by atoms with Crippen LogP contribution in [0.1, 0.15) is 22.8 Å².